The van der Waals surface area contributed by atoms with Crippen molar-refractivity contribution < 1.29 is 14.5 Å². The Labute approximate surface area is 236 Å². The number of amides is 1. The highest BCUT2D eigenvalue weighted by Gasteiger charge is 2.14. The first-order valence-corrected chi connectivity index (χ1v) is 12.9. The molecule has 0 radical (unpaired) electrons. The number of nitrogens with zero attached hydrogens (tertiary/aromatic N) is 3. The maximum atomic E-state index is 13.2. The fraction of sp³-hybridized carbons (Fsp3) is 0.0606. The Bertz CT molecular complexity index is 1750. The van der Waals surface area contributed by atoms with E-state index in [1.54, 1.807) is 30.5 Å². The summed E-state index contributed by atoms with van der Waals surface area (Å²) in [4.78, 5) is 28.4. The van der Waals surface area contributed by atoms with E-state index in [0.29, 0.717) is 23.4 Å². The smallest absolute Gasteiger partial charge is 0.272 e. The molecule has 1 amide bonds. The molecule has 1 N–H and O–H groups in total. The van der Waals surface area contributed by atoms with Crippen LogP contribution in [-0.4, -0.2) is 22.0 Å². The second kappa shape index (κ2) is 12.5. The van der Waals surface area contributed by atoms with Gasteiger partial charge in [0.15, 0.2) is 0 Å². The summed E-state index contributed by atoms with van der Waals surface area (Å²) < 4.78 is 5.98. The highest BCUT2D eigenvalue weighted by atomic mass is 16.6. The maximum Gasteiger partial charge on any atom is 0.272 e. The first-order valence-electron chi connectivity index (χ1n) is 12.9. The fourth-order valence-electron chi connectivity index (χ4n) is 4.36. The number of aromatic nitrogens is 1. The van der Waals surface area contributed by atoms with Crippen LogP contribution in [0.2, 0.25) is 0 Å². The Hall–Kier alpha value is -5.63. The van der Waals surface area contributed by atoms with Crippen LogP contribution < -0.4 is 10.2 Å². The van der Waals surface area contributed by atoms with Gasteiger partial charge in [-0.1, -0.05) is 54.6 Å². The average Bonchev–Trinajstić information content (AvgIpc) is 3.01. The van der Waals surface area contributed by atoms with Gasteiger partial charge in [-0.05, 0) is 65.6 Å². The number of para-hydroxylation sites is 1. The van der Waals surface area contributed by atoms with Gasteiger partial charge in [0, 0.05) is 23.1 Å². The molecule has 8 heteroatoms. The lowest BCUT2D eigenvalue weighted by Gasteiger charge is -2.11. The molecule has 0 spiro atoms. The number of rotatable bonds is 10. The zero-order valence-electron chi connectivity index (χ0n) is 22.1. The van der Waals surface area contributed by atoms with Gasteiger partial charge < -0.3 is 4.74 Å². The Morgan fingerprint density at radius 1 is 0.976 bits per heavy atom. The Morgan fingerprint density at radius 2 is 1.73 bits per heavy atom. The van der Waals surface area contributed by atoms with Gasteiger partial charge in [0.05, 0.1) is 27.9 Å². The molecule has 1 aromatic heterocycles. The number of hydrogen-bond acceptors (Lipinski definition) is 6. The Balaban J connectivity index is 1.31. The van der Waals surface area contributed by atoms with Crippen LogP contribution in [0.3, 0.4) is 0 Å². The molecule has 5 rings (SSSR count). The first-order chi connectivity index (χ1) is 20.0. The van der Waals surface area contributed by atoms with Crippen LogP contribution in [0, 0.1) is 10.1 Å². The van der Waals surface area contributed by atoms with Crippen molar-refractivity contribution in [3.8, 4) is 17.0 Å². The predicted molar refractivity (Wildman–Crippen MR) is 160 cm³/mol. The zero-order chi connectivity index (χ0) is 28.6. The predicted octanol–water partition coefficient (Wildman–Crippen LogP) is 6.88. The molecule has 202 valence electrons. The van der Waals surface area contributed by atoms with Gasteiger partial charge in [-0.25, -0.2) is 10.4 Å². The molecule has 1 heterocycles. The summed E-state index contributed by atoms with van der Waals surface area (Å²) in [6.45, 7) is 4.09. The van der Waals surface area contributed by atoms with Crippen molar-refractivity contribution in [2.24, 2.45) is 5.10 Å². The van der Waals surface area contributed by atoms with Gasteiger partial charge in [-0.2, -0.15) is 5.10 Å². The van der Waals surface area contributed by atoms with Crippen LogP contribution in [0.5, 0.6) is 5.75 Å². The molecule has 0 unspecified atom stereocenters. The van der Waals surface area contributed by atoms with Crippen molar-refractivity contribution in [1.82, 2.24) is 10.4 Å². The van der Waals surface area contributed by atoms with Gasteiger partial charge in [0.2, 0.25) is 0 Å². The van der Waals surface area contributed by atoms with Crippen molar-refractivity contribution >= 4 is 28.7 Å². The Morgan fingerprint density at radius 3 is 2.49 bits per heavy atom. The summed E-state index contributed by atoms with van der Waals surface area (Å²) in [5, 5.41) is 15.8. The fourth-order valence-corrected chi connectivity index (χ4v) is 4.36. The minimum atomic E-state index is -0.434. The van der Waals surface area contributed by atoms with Gasteiger partial charge in [-0.15, -0.1) is 6.58 Å². The quantitative estimate of drug-likeness (QED) is 0.0896. The number of ether oxygens (including phenoxy) is 1. The normalized spacial score (nSPS) is 10.9. The summed E-state index contributed by atoms with van der Waals surface area (Å²) in [7, 11) is 0. The number of nitro groups is 1. The van der Waals surface area contributed by atoms with Crippen molar-refractivity contribution in [3.05, 3.63) is 148 Å². The van der Waals surface area contributed by atoms with Crippen molar-refractivity contribution in [2.75, 3.05) is 0 Å². The molecule has 0 bridgehead atoms. The van der Waals surface area contributed by atoms with Gasteiger partial charge in [0.1, 0.15) is 12.4 Å². The number of carbonyl (C=O) groups excluding carboxylic acids is 1. The number of hydrogen-bond donors (Lipinski definition) is 1. The molecule has 8 nitrogen and oxygen atoms in total. The van der Waals surface area contributed by atoms with E-state index in [1.165, 1.54) is 12.1 Å². The number of nitrogens with one attached hydrogen (secondary N) is 1. The van der Waals surface area contributed by atoms with E-state index in [-0.39, 0.29) is 18.2 Å². The van der Waals surface area contributed by atoms with Gasteiger partial charge >= 0.3 is 0 Å². The van der Waals surface area contributed by atoms with Crippen LogP contribution in [0.15, 0.2) is 121 Å². The van der Waals surface area contributed by atoms with Crippen LogP contribution in [0.25, 0.3) is 22.2 Å². The number of non-ortho nitro benzene ring substituents is 1. The number of benzene rings is 4. The van der Waals surface area contributed by atoms with Crippen LogP contribution >= 0.6 is 0 Å². The SMILES string of the molecule is C=CCc1cc(/C=N/NC(=O)c2cc(-c3ccccc3)nc3ccccc23)ccc1OCc1ccc([N+](=O)[O-])cc1. The van der Waals surface area contributed by atoms with Crippen molar-refractivity contribution in [3.63, 3.8) is 0 Å². The topological polar surface area (TPSA) is 107 Å². The number of nitro benzene ring substituents is 1. The summed E-state index contributed by atoms with van der Waals surface area (Å²) in [5.74, 6) is 0.326. The average molecular weight is 543 g/mol. The number of pyridine rings is 1. The Kier molecular flexibility index (Phi) is 8.21. The van der Waals surface area contributed by atoms with Crippen LogP contribution in [0.4, 0.5) is 5.69 Å². The summed E-state index contributed by atoms with van der Waals surface area (Å²) in [6, 6.07) is 30.8. The third-order valence-corrected chi connectivity index (χ3v) is 6.40. The minimum absolute atomic E-state index is 0.0329. The van der Waals surface area contributed by atoms with Gasteiger partial charge in [-0.3, -0.25) is 14.9 Å². The second-order valence-corrected chi connectivity index (χ2v) is 9.21. The van der Waals surface area contributed by atoms with Crippen LogP contribution in [0.1, 0.15) is 27.0 Å². The lowest BCUT2D eigenvalue weighted by Crippen LogP contribution is -2.18. The molecule has 0 aliphatic heterocycles. The molecular formula is C33H26N4O4. The first kappa shape index (κ1) is 27.0. The number of allylic oxidation sites excluding steroid dienone is 1. The number of fused-ring (bicyclic) bond motifs is 1. The van der Waals surface area contributed by atoms with Gasteiger partial charge in [0.25, 0.3) is 11.6 Å². The zero-order valence-corrected chi connectivity index (χ0v) is 22.1. The second-order valence-electron chi connectivity index (χ2n) is 9.21. The molecule has 0 aliphatic carbocycles. The van der Waals surface area contributed by atoms with E-state index < -0.39 is 4.92 Å². The molecule has 4 aromatic carbocycles. The minimum Gasteiger partial charge on any atom is -0.489 e. The third-order valence-electron chi connectivity index (χ3n) is 6.40. The van der Waals surface area contributed by atoms with E-state index in [4.69, 9.17) is 9.72 Å². The van der Waals surface area contributed by atoms with E-state index in [0.717, 1.165) is 33.2 Å². The lowest BCUT2D eigenvalue weighted by molar-refractivity contribution is -0.384. The monoisotopic (exact) mass is 542 g/mol. The largest absolute Gasteiger partial charge is 0.489 e. The molecule has 41 heavy (non-hydrogen) atoms. The highest BCUT2D eigenvalue weighted by molar-refractivity contribution is 6.07. The van der Waals surface area contributed by atoms with Crippen molar-refractivity contribution in [1.29, 1.82) is 0 Å². The van der Waals surface area contributed by atoms with E-state index in [1.807, 2.05) is 72.8 Å². The summed E-state index contributed by atoms with van der Waals surface area (Å²) in [5.41, 5.74) is 7.99. The summed E-state index contributed by atoms with van der Waals surface area (Å²) >= 11 is 0. The van der Waals surface area contributed by atoms with Crippen LogP contribution in [-0.2, 0) is 13.0 Å². The van der Waals surface area contributed by atoms with E-state index in [9.17, 15) is 14.9 Å². The number of carbonyl (C=O) groups is 1. The molecule has 0 atom stereocenters. The number of hydrazone groups is 1. The third kappa shape index (κ3) is 6.51. The molecule has 0 fully saturated rings. The van der Waals surface area contributed by atoms with E-state index >= 15 is 0 Å². The molecule has 0 saturated heterocycles. The molecule has 0 saturated carbocycles. The standard InChI is InChI=1S/C33H26N4O4/c1-2-8-26-19-24(15-18-32(26)41-22-23-13-16-27(17-14-23)37(39)40)21-34-36-33(38)29-20-31(25-9-4-3-5-10-25)35-30-12-7-6-11-28(29)30/h2-7,9-21H,1,8,22H2,(H,36,38)/b34-21+. The van der Waals surface area contributed by atoms with Crippen molar-refractivity contribution in [2.45, 2.75) is 13.0 Å². The summed E-state index contributed by atoms with van der Waals surface area (Å²) in [6.07, 6.45) is 3.91. The highest BCUT2D eigenvalue weighted by Crippen LogP contribution is 2.25. The maximum absolute atomic E-state index is 13.2. The van der Waals surface area contributed by atoms with E-state index in [2.05, 4.69) is 17.1 Å². The molecule has 5 aromatic rings. The molecule has 0 aliphatic rings. The molecular weight excluding hydrogens is 516 g/mol. The lowest BCUT2D eigenvalue weighted by atomic mass is 10.0.